The smallest absolute Gasteiger partial charge is 0.202 e. The number of halogens is 2. The summed E-state index contributed by atoms with van der Waals surface area (Å²) < 4.78 is 14.2. The van der Waals surface area contributed by atoms with E-state index in [1.165, 1.54) is 23.8 Å². The first-order chi connectivity index (χ1) is 14.9. The molecule has 1 aliphatic rings. The van der Waals surface area contributed by atoms with Crippen LogP contribution in [0, 0.1) is 5.82 Å². The lowest BCUT2D eigenvalue weighted by Crippen LogP contribution is -2.26. The molecule has 3 N–H and O–H groups in total. The summed E-state index contributed by atoms with van der Waals surface area (Å²) in [4.78, 5) is 15.8. The fraction of sp³-hybridized carbons (Fsp3) is 0.160. The Balaban J connectivity index is 1.58. The first kappa shape index (κ1) is 19.8. The molecule has 1 aliphatic carbocycles. The second kappa shape index (κ2) is 7.52. The zero-order chi connectivity index (χ0) is 21.7. The minimum atomic E-state index is -0.646. The summed E-state index contributed by atoms with van der Waals surface area (Å²) in [7, 11) is 0. The van der Waals surface area contributed by atoms with Crippen LogP contribution in [0.3, 0.4) is 0 Å². The van der Waals surface area contributed by atoms with Crippen molar-refractivity contribution in [2.45, 2.75) is 24.9 Å². The van der Waals surface area contributed by atoms with Crippen molar-refractivity contribution in [1.82, 2.24) is 4.98 Å². The van der Waals surface area contributed by atoms with Gasteiger partial charge in [-0.3, -0.25) is 4.79 Å². The summed E-state index contributed by atoms with van der Waals surface area (Å²) in [6, 6.07) is 17.0. The average molecular weight is 436 g/mol. The lowest BCUT2D eigenvalue weighted by atomic mass is 9.77. The first-order valence-corrected chi connectivity index (χ1v) is 10.4. The molecule has 0 aliphatic heterocycles. The molecule has 0 saturated heterocycles. The van der Waals surface area contributed by atoms with Crippen LogP contribution in [0.25, 0.3) is 22.0 Å². The van der Waals surface area contributed by atoms with E-state index in [0.29, 0.717) is 27.4 Å². The van der Waals surface area contributed by atoms with Gasteiger partial charge in [0.2, 0.25) is 11.7 Å². The normalized spacial score (nSPS) is 18.2. The largest absolute Gasteiger partial charge is 0.494 e. The van der Waals surface area contributed by atoms with Gasteiger partial charge in [0.25, 0.3) is 0 Å². The van der Waals surface area contributed by atoms with Crippen molar-refractivity contribution in [3.05, 3.63) is 88.2 Å². The van der Waals surface area contributed by atoms with Gasteiger partial charge in [-0.15, -0.1) is 0 Å². The van der Waals surface area contributed by atoms with Crippen LogP contribution in [0.1, 0.15) is 40.2 Å². The topological polar surface area (TPSA) is 73.3 Å². The van der Waals surface area contributed by atoms with Crippen LogP contribution in [-0.4, -0.2) is 27.1 Å². The van der Waals surface area contributed by atoms with Crippen molar-refractivity contribution < 1.29 is 19.4 Å². The van der Waals surface area contributed by atoms with Crippen LogP contribution in [0.4, 0.5) is 4.39 Å². The van der Waals surface area contributed by atoms with Crippen LogP contribution < -0.4 is 0 Å². The maximum Gasteiger partial charge on any atom is 0.202 e. The molecule has 4 nitrogen and oxygen atoms in total. The van der Waals surface area contributed by atoms with Gasteiger partial charge in [-0.2, -0.15) is 0 Å². The van der Waals surface area contributed by atoms with E-state index < -0.39 is 11.6 Å². The standard InChI is InChI=1S/C25H19ClFNO3/c26-20-12-22-19(23(25(31)28-22)24(30)17-3-1-2-4-21(17)27)11-18(20)14-7-5-13(6-8-14)15-9-16(29)10-15/h1-8,11-12,15-16,28-29,31H,9-10H2. The van der Waals surface area contributed by atoms with E-state index in [0.717, 1.165) is 18.4 Å². The number of carbonyl (C=O) groups excluding carboxylic acids is 1. The van der Waals surface area contributed by atoms with Crippen molar-refractivity contribution in [3.8, 4) is 17.0 Å². The highest BCUT2D eigenvalue weighted by Gasteiger charge is 2.28. The molecule has 1 saturated carbocycles. The fourth-order valence-corrected chi connectivity index (χ4v) is 4.50. The Morgan fingerprint density at radius 2 is 1.77 bits per heavy atom. The molecule has 0 radical (unpaired) electrons. The van der Waals surface area contributed by atoms with E-state index in [-0.39, 0.29) is 23.1 Å². The number of rotatable bonds is 4. The average Bonchev–Trinajstić information content (AvgIpc) is 3.05. The molecule has 6 heteroatoms. The fourth-order valence-electron chi connectivity index (χ4n) is 4.23. The number of aromatic amines is 1. The summed E-state index contributed by atoms with van der Waals surface area (Å²) in [5.41, 5.74) is 3.13. The molecule has 1 heterocycles. The molecular formula is C25H19ClFNO3. The van der Waals surface area contributed by atoms with Crippen LogP contribution in [-0.2, 0) is 0 Å². The highest BCUT2D eigenvalue weighted by Crippen LogP contribution is 2.40. The Kier molecular flexibility index (Phi) is 4.80. The van der Waals surface area contributed by atoms with E-state index in [9.17, 15) is 19.4 Å². The van der Waals surface area contributed by atoms with E-state index in [4.69, 9.17) is 11.6 Å². The first-order valence-electron chi connectivity index (χ1n) is 10.0. The molecule has 1 aromatic heterocycles. The summed E-state index contributed by atoms with van der Waals surface area (Å²) in [5.74, 6) is -1.20. The van der Waals surface area contributed by atoms with Crippen LogP contribution in [0.5, 0.6) is 5.88 Å². The van der Waals surface area contributed by atoms with Gasteiger partial charge in [-0.1, -0.05) is 48.0 Å². The number of aromatic nitrogens is 1. The van der Waals surface area contributed by atoms with E-state index in [1.54, 1.807) is 18.2 Å². The monoisotopic (exact) mass is 435 g/mol. The van der Waals surface area contributed by atoms with Crippen molar-refractivity contribution in [2.24, 2.45) is 0 Å². The minimum absolute atomic E-state index is 0.0121. The Labute approximate surface area is 182 Å². The van der Waals surface area contributed by atoms with Gasteiger partial charge in [0.05, 0.1) is 27.8 Å². The molecule has 0 spiro atoms. The van der Waals surface area contributed by atoms with Crippen molar-refractivity contribution >= 4 is 28.3 Å². The van der Waals surface area contributed by atoms with Crippen molar-refractivity contribution in [3.63, 3.8) is 0 Å². The Bertz CT molecular complexity index is 1310. The van der Waals surface area contributed by atoms with E-state index in [2.05, 4.69) is 4.98 Å². The number of ketones is 1. The van der Waals surface area contributed by atoms with Gasteiger partial charge in [0.1, 0.15) is 5.82 Å². The van der Waals surface area contributed by atoms with Gasteiger partial charge >= 0.3 is 0 Å². The van der Waals surface area contributed by atoms with Gasteiger partial charge in [0, 0.05) is 10.9 Å². The lowest BCUT2D eigenvalue weighted by Gasteiger charge is -2.31. The van der Waals surface area contributed by atoms with Gasteiger partial charge < -0.3 is 15.2 Å². The van der Waals surface area contributed by atoms with Crippen molar-refractivity contribution in [2.75, 3.05) is 0 Å². The second-order valence-electron chi connectivity index (χ2n) is 7.98. The molecular weight excluding hydrogens is 417 g/mol. The third-order valence-corrected chi connectivity index (χ3v) is 6.33. The van der Waals surface area contributed by atoms with Crippen LogP contribution >= 0.6 is 11.6 Å². The minimum Gasteiger partial charge on any atom is -0.494 e. The predicted molar refractivity (Wildman–Crippen MR) is 118 cm³/mol. The zero-order valence-electron chi connectivity index (χ0n) is 16.4. The highest BCUT2D eigenvalue weighted by molar-refractivity contribution is 6.34. The van der Waals surface area contributed by atoms with Crippen molar-refractivity contribution in [1.29, 1.82) is 0 Å². The number of hydrogen-bond acceptors (Lipinski definition) is 3. The zero-order valence-corrected chi connectivity index (χ0v) is 17.2. The molecule has 1 fully saturated rings. The summed E-state index contributed by atoms with van der Waals surface area (Å²) in [6.45, 7) is 0. The molecule has 0 unspecified atom stereocenters. The lowest BCUT2D eigenvalue weighted by molar-refractivity contribution is 0.0746. The number of hydrogen-bond donors (Lipinski definition) is 3. The van der Waals surface area contributed by atoms with E-state index in [1.807, 2.05) is 24.3 Å². The SMILES string of the molecule is O=C(c1ccccc1F)c1c(O)[nH]c2cc(Cl)c(-c3ccc(C4CC(O)C4)cc3)cc12. The number of aliphatic hydroxyl groups is 1. The quantitative estimate of drug-likeness (QED) is 0.354. The Morgan fingerprint density at radius 1 is 1.06 bits per heavy atom. The maximum atomic E-state index is 14.2. The van der Waals surface area contributed by atoms with Crippen LogP contribution in [0.2, 0.25) is 5.02 Å². The molecule has 0 atom stereocenters. The third-order valence-electron chi connectivity index (χ3n) is 6.02. The maximum absolute atomic E-state index is 14.2. The van der Waals surface area contributed by atoms with Crippen LogP contribution in [0.15, 0.2) is 60.7 Å². The number of carbonyl (C=O) groups is 1. The number of aromatic hydroxyl groups is 1. The molecule has 3 aromatic carbocycles. The van der Waals surface area contributed by atoms with E-state index >= 15 is 0 Å². The summed E-state index contributed by atoms with van der Waals surface area (Å²) in [6.07, 6.45) is 1.33. The molecule has 4 aromatic rings. The number of fused-ring (bicyclic) bond motifs is 1. The summed E-state index contributed by atoms with van der Waals surface area (Å²) in [5, 5.41) is 20.9. The number of nitrogens with one attached hydrogen (secondary N) is 1. The number of H-pyrrole nitrogens is 1. The Morgan fingerprint density at radius 3 is 2.45 bits per heavy atom. The molecule has 5 rings (SSSR count). The number of benzene rings is 3. The highest BCUT2D eigenvalue weighted by atomic mass is 35.5. The third kappa shape index (κ3) is 3.40. The predicted octanol–water partition coefficient (Wildman–Crippen LogP) is 5.80. The molecule has 0 bridgehead atoms. The second-order valence-corrected chi connectivity index (χ2v) is 8.39. The summed E-state index contributed by atoms with van der Waals surface area (Å²) >= 11 is 6.50. The van der Waals surface area contributed by atoms with Gasteiger partial charge in [-0.25, -0.2) is 4.39 Å². The Hall–Kier alpha value is -3.15. The number of aliphatic hydroxyl groups excluding tert-OH is 1. The molecule has 0 amide bonds. The van der Waals surface area contributed by atoms with Gasteiger partial charge in [0.15, 0.2) is 0 Å². The molecule has 31 heavy (non-hydrogen) atoms. The van der Waals surface area contributed by atoms with Gasteiger partial charge in [-0.05, 0) is 54.2 Å². The molecule has 156 valence electrons.